The van der Waals surface area contributed by atoms with E-state index in [-0.39, 0.29) is 0 Å². The second-order valence-electron chi connectivity index (χ2n) is 4.10. The summed E-state index contributed by atoms with van der Waals surface area (Å²) in [7, 11) is 0. The Labute approximate surface area is 120 Å². The molecule has 0 saturated heterocycles. The number of benzene rings is 1. The summed E-state index contributed by atoms with van der Waals surface area (Å²) in [5.74, 6) is -0.0405. The van der Waals surface area contributed by atoms with Gasteiger partial charge in [0.05, 0.1) is 13.2 Å². The van der Waals surface area contributed by atoms with Gasteiger partial charge in [0.15, 0.2) is 5.17 Å². The molecule has 0 fully saturated rings. The van der Waals surface area contributed by atoms with Crippen LogP contribution in [0, 0.1) is 0 Å². The summed E-state index contributed by atoms with van der Waals surface area (Å²) < 4.78 is 0. The normalized spacial score (nSPS) is 15.3. The molecule has 3 N–H and O–H groups in total. The zero-order chi connectivity index (χ0) is 14.4. The average Bonchev–Trinajstić information content (AvgIpc) is 2.98. The van der Waals surface area contributed by atoms with E-state index in [9.17, 15) is 14.7 Å². The first-order valence-electron chi connectivity index (χ1n) is 6.15. The van der Waals surface area contributed by atoms with Crippen molar-refractivity contribution in [3.63, 3.8) is 0 Å². The maximum absolute atomic E-state index is 11.9. The highest BCUT2D eigenvalue weighted by molar-refractivity contribution is 8.14. The van der Waals surface area contributed by atoms with Crippen LogP contribution in [-0.4, -0.2) is 47.0 Å². The Bertz CT molecular complexity index is 519. The lowest BCUT2D eigenvalue weighted by Crippen LogP contribution is -2.49. The zero-order valence-electron chi connectivity index (χ0n) is 10.7. The molecule has 0 spiro atoms. The zero-order valence-corrected chi connectivity index (χ0v) is 11.5. The van der Waals surface area contributed by atoms with Gasteiger partial charge in [0.2, 0.25) is 0 Å². The predicted molar refractivity (Wildman–Crippen MR) is 77.7 cm³/mol. The molecular formula is C13H15N3O3S. The van der Waals surface area contributed by atoms with Gasteiger partial charge < -0.3 is 15.7 Å². The van der Waals surface area contributed by atoms with Crippen LogP contribution in [0.5, 0.6) is 0 Å². The molecule has 1 heterocycles. The van der Waals surface area contributed by atoms with Crippen LogP contribution in [0.1, 0.15) is 10.4 Å². The number of hydrogen-bond acceptors (Lipinski definition) is 5. The lowest BCUT2D eigenvalue weighted by molar-refractivity contribution is -0.122. The van der Waals surface area contributed by atoms with E-state index >= 15 is 0 Å². The fourth-order valence-corrected chi connectivity index (χ4v) is 2.36. The second-order valence-corrected chi connectivity index (χ2v) is 5.18. The van der Waals surface area contributed by atoms with E-state index < -0.39 is 24.5 Å². The highest BCUT2D eigenvalue weighted by Crippen LogP contribution is 2.09. The van der Waals surface area contributed by atoms with Gasteiger partial charge in [0, 0.05) is 11.3 Å². The van der Waals surface area contributed by atoms with E-state index in [1.54, 1.807) is 30.3 Å². The van der Waals surface area contributed by atoms with Crippen molar-refractivity contribution in [2.75, 3.05) is 18.9 Å². The number of nitrogens with one attached hydrogen (secondary N) is 2. The molecule has 0 radical (unpaired) electrons. The number of nitrogens with zero attached hydrogens (tertiary/aromatic N) is 1. The Morgan fingerprint density at radius 2 is 2.10 bits per heavy atom. The number of rotatable bonds is 4. The van der Waals surface area contributed by atoms with Crippen LogP contribution in [0.2, 0.25) is 0 Å². The summed E-state index contributed by atoms with van der Waals surface area (Å²) >= 11 is 1.44. The lowest BCUT2D eigenvalue weighted by atomic mass is 10.2. The van der Waals surface area contributed by atoms with Gasteiger partial charge in [0.25, 0.3) is 11.8 Å². The van der Waals surface area contributed by atoms with Crippen molar-refractivity contribution in [1.82, 2.24) is 10.6 Å². The Kier molecular flexibility index (Phi) is 5.14. The van der Waals surface area contributed by atoms with Gasteiger partial charge in [0.1, 0.15) is 6.04 Å². The first kappa shape index (κ1) is 14.5. The highest BCUT2D eigenvalue weighted by Gasteiger charge is 2.22. The third-order valence-electron chi connectivity index (χ3n) is 2.66. The molecule has 20 heavy (non-hydrogen) atoms. The topological polar surface area (TPSA) is 90.8 Å². The van der Waals surface area contributed by atoms with Crippen LogP contribution in [0.4, 0.5) is 0 Å². The number of aliphatic imine (C=N–C) groups is 1. The molecule has 2 amide bonds. The molecule has 1 aliphatic heterocycles. The van der Waals surface area contributed by atoms with Crippen LogP contribution < -0.4 is 10.6 Å². The van der Waals surface area contributed by atoms with E-state index in [0.717, 1.165) is 5.75 Å². The van der Waals surface area contributed by atoms with Gasteiger partial charge in [-0.05, 0) is 12.1 Å². The minimum Gasteiger partial charge on any atom is -0.394 e. The first-order valence-corrected chi connectivity index (χ1v) is 7.14. The molecule has 2 rings (SSSR count). The second kappa shape index (κ2) is 7.06. The average molecular weight is 293 g/mol. The molecule has 1 aliphatic rings. The molecule has 1 atom stereocenters. The third kappa shape index (κ3) is 3.82. The standard InChI is InChI=1S/C13H15N3O3S/c17-8-10(12(19)16-13-14-6-7-20-13)15-11(18)9-4-2-1-3-5-9/h1-5,10,17H,6-8H2,(H,15,18)(H,14,16,19)/t10-/m0/s1. The number of thioether (sulfide) groups is 1. The molecule has 1 aromatic rings. The largest absolute Gasteiger partial charge is 0.394 e. The molecular weight excluding hydrogens is 278 g/mol. The van der Waals surface area contributed by atoms with Gasteiger partial charge in [-0.2, -0.15) is 0 Å². The molecule has 106 valence electrons. The molecule has 0 saturated carbocycles. The summed E-state index contributed by atoms with van der Waals surface area (Å²) in [5.41, 5.74) is 0.436. The van der Waals surface area contributed by atoms with Crippen molar-refractivity contribution in [2.45, 2.75) is 6.04 Å². The number of amides is 2. The Balaban J connectivity index is 1.94. The Hall–Kier alpha value is -1.86. The predicted octanol–water partition coefficient (Wildman–Crippen LogP) is -0.00370. The van der Waals surface area contributed by atoms with Crippen LogP contribution in [0.25, 0.3) is 0 Å². The van der Waals surface area contributed by atoms with Gasteiger partial charge in [-0.3, -0.25) is 14.6 Å². The minimum atomic E-state index is -0.994. The van der Waals surface area contributed by atoms with Crippen molar-refractivity contribution < 1.29 is 14.7 Å². The maximum Gasteiger partial charge on any atom is 0.251 e. The summed E-state index contributed by atoms with van der Waals surface area (Å²) in [6.07, 6.45) is 0. The van der Waals surface area contributed by atoms with E-state index in [0.29, 0.717) is 17.3 Å². The van der Waals surface area contributed by atoms with Crippen molar-refractivity contribution in [3.05, 3.63) is 35.9 Å². The summed E-state index contributed by atoms with van der Waals surface area (Å²) in [5, 5.41) is 14.9. The van der Waals surface area contributed by atoms with Gasteiger partial charge in [-0.1, -0.05) is 30.0 Å². The number of aliphatic hydroxyl groups excluding tert-OH is 1. The monoisotopic (exact) mass is 293 g/mol. The fourth-order valence-electron chi connectivity index (χ4n) is 1.63. The number of carbonyl (C=O) groups excluding carboxylic acids is 2. The number of aliphatic hydroxyl groups is 1. The third-order valence-corrected chi connectivity index (χ3v) is 3.55. The number of carbonyl (C=O) groups is 2. The van der Waals surface area contributed by atoms with Gasteiger partial charge in [-0.15, -0.1) is 0 Å². The molecule has 0 aliphatic carbocycles. The van der Waals surface area contributed by atoms with Gasteiger partial charge in [-0.25, -0.2) is 0 Å². The molecule has 0 aromatic heterocycles. The first-order chi connectivity index (χ1) is 9.70. The minimum absolute atomic E-state index is 0.402. The van der Waals surface area contributed by atoms with E-state index in [4.69, 9.17) is 0 Å². The fraction of sp³-hybridized carbons (Fsp3) is 0.308. The Morgan fingerprint density at radius 3 is 2.70 bits per heavy atom. The van der Waals surface area contributed by atoms with Gasteiger partial charge >= 0.3 is 0 Å². The smallest absolute Gasteiger partial charge is 0.251 e. The molecule has 0 bridgehead atoms. The van der Waals surface area contributed by atoms with E-state index in [2.05, 4.69) is 15.6 Å². The van der Waals surface area contributed by atoms with Crippen LogP contribution >= 0.6 is 11.8 Å². The quantitative estimate of drug-likeness (QED) is 0.728. The number of amidine groups is 1. The maximum atomic E-state index is 11.9. The van der Waals surface area contributed by atoms with Crippen LogP contribution in [0.15, 0.2) is 35.3 Å². The lowest BCUT2D eigenvalue weighted by Gasteiger charge is -2.15. The van der Waals surface area contributed by atoms with Crippen LogP contribution in [-0.2, 0) is 4.79 Å². The molecule has 7 heteroatoms. The van der Waals surface area contributed by atoms with Crippen LogP contribution in [0.3, 0.4) is 0 Å². The highest BCUT2D eigenvalue weighted by atomic mass is 32.2. The van der Waals surface area contributed by atoms with E-state index in [1.165, 1.54) is 11.8 Å². The molecule has 6 nitrogen and oxygen atoms in total. The van der Waals surface area contributed by atoms with Crippen molar-refractivity contribution in [1.29, 1.82) is 0 Å². The Morgan fingerprint density at radius 1 is 1.35 bits per heavy atom. The van der Waals surface area contributed by atoms with Crippen molar-refractivity contribution in [3.8, 4) is 0 Å². The summed E-state index contributed by atoms with van der Waals surface area (Å²) in [6.45, 7) is 0.197. The molecule has 0 unspecified atom stereocenters. The summed E-state index contributed by atoms with van der Waals surface area (Å²) in [4.78, 5) is 27.9. The number of hydrogen-bond donors (Lipinski definition) is 3. The summed E-state index contributed by atoms with van der Waals surface area (Å²) in [6, 6.07) is 7.53. The molecule has 1 aromatic carbocycles. The van der Waals surface area contributed by atoms with E-state index in [1.807, 2.05) is 0 Å². The SMILES string of the molecule is O=C(N[C@@H](CO)C(=O)NC1=NCCS1)c1ccccc1. The van der Waals surface area contributed by atoms with Crippen molar-refractivity contribution >= 4 is 28.7 Å². The van der Waals surface area contributed by atoms with Crippen molar-refractivity contribution in [2.24, 2.45) is 4.99 Å².